The lowest BCUT2D eigenvalue weighted by Gasteiger charge is -2.32. The molecule has 0 spiro atoms. The van der Waals surface area contributed by atoms with E-state index >= 15 is 0 Å². The number of nitrogens with two attached hydrogens (primary N) is 1. The fourth-order valence-electron chi connectivity index (χ4n) is 2.63. The maximum atomic E-state index is 5.99. The largest absolute Gasteiger partial charge is 0.453 e. The van der Waals surface area contributed by atoms with Crippen LogP contribution in [0.15, 0.2) is 72.8 Å². The summed E-state index contributed by atoms with van der Waals surface area (Å²) in [6.45, 7) is 0. The molecule has 4 rings (SSSR count). The van der Waals surface area contributed by atoms with E-state index in [1.807, 2.05) is 54.6 Å². The Kier molecular flexibility index (Phi) is 2.57. The lowest BCUT2D eigenvalue weighted by molar-refractivity contribution is 0.477. The maximum Gasteiger partial charge on any atom is 0.151 e. The van der Waals surface area contributed by atoms with Gasteiger partial charge in [0.05, 0.1) is 11.4 Å². The predicted octanol–water partition coefficient (Wildman–Crippen LogP) is 4.84. The monoisotopic (exact) mass is 274 g/mol. The second kappa shape index (κ2) is 4.56. The highest BCUT2D eigenvalue weighted by Crippen LogP contribution is 2.50. The minimum atomic E-state index is 0.720. The maximum absolute atomic E-state index is 5.99. The standard InChI is InChI=1S/C18H14N2O/c19-13-10-11-18-16(12-13)20(14-6-2-1-3-7-14)15-8-4-5-9-17(15)21-18/h1-12H,19H2. The van der Waals surface area contributed by atoms with Crippen LogP contribution < -0.4 is 15.4 Å². The second-order valence-electron chi connectivity index (χ2n) is 4.97. The fraction of sp³-hybridized carbons (Fsp3) is 0. The van der Waals surface area contributed by atoms with Crippen molar-refractivity contribution in [3.05, 3.63) is 72.8 Å². The summed E-state index contributed by atoms with van der Waals surface area (Å²) in [6, 6.07) is 23.9. The summed E-state index contributed by atoms with van der Waals surface area (Å²) in [4.78, 5) is 2.17. The molecule has 1 aliphatic rings. The highest BCUT2D eigenvalue weighted by Gasteiger charge is 2.25. The molecule has 3 aromatic carbocycles. The Hall–Kier alpha value is -2.94. The van der Waals surface area contributed by atoms with Gasteiger partial charge in [0.25, 0.3) is 0 Å². The third kappa shape index (κ3) is 1.91. The van der Waals surface area contributed by atoms with Crippen molar-refractivity contribution in [1.82, 2.24) is 0 Å². The van der Waals surface area contributed by atoms with Gasteiger partial charge >= 0.3 is 0 Å². The molecule has 0 aliphatic carbocycles. The smallest absolute Gasteiger partial charge is 0.151 e. The van der Waals surface area contributed by atoms with Crippen molar-refractivity contribution in [2.45, 2.75) is 0 Å². The van der Waals surface area contributed by atoms with Gasteiger partial charge in [-0.05, 0) is 42.5 Å². The summed E-state index contributed by atoms with van der Waals surface area (Å²) < 4.78 is 5.99. The molecule has 1 aliphatic heterocycles. The highest BCUT2D eigenvalue weighted by molar-refractivity contribution is 5.87. The molecule has 0 amide bonds. The van der Waals surface area contributed by atoms with Crippen LogP contribution in [0.25, 0.3) is 0 Å². The molecule has 0 bridgehead atoms. The number of fused-ring (bicyclic) bond motifs is 2. The number of anilines is 4. The second-order valence-corrected chi connectivity index (χ2v) is 4.97. The van der Waals surface area contributed by atoms with Gasteiger partial charge in [-0.1, -0.05) is 30.3 Å². The summed E-state index contributed by atoms with van der Waals surface area (Å²) in [5, 5.41) is 0. The molecule has 3 aromatic rings. The van der Waals surface area contributed by atoms with Crippen LogP contribution in [0.3, 0.4) is 0 Å². The van der Waals surface area contributed by atoms with Gasteiger partial charge in [-0.2, -0.15) is 0 Å². The Morgan fingerprint density at radius 2 is 1.43 bits per heavy atom. The third-order valence-electron chi connectivity index (χ3n) is 3.56. The van der Waals surface area contributed by atoms with Crippen LogP contribution in [-0.2, 0) is 0 Å². The Bertz CT molecular complexity index is 799. The van der Waals surface area contributed by atoms with Gasteiger partial charge in [0.15, 0.2) is 11.5 Å². The van der Waals surface area contributed by atoms with Crippen LogP contribution in [0.2, 0.25) is 0 Å². The van der Waals surface area contributed by atoms with E-state index in [1.165, 1.54) is 0 Å². The van der Waals surface area contributed by atoms with E-state index in [2.05, 4.69) is 23.1 Å². The van der Waals surface area contributed by atoms with Crippen molar-refractivity contribution in [3.63, 3.8) is 0 Å². The molecule has 21 heavy (non-hydrogen) atoms. The fourth-order valence-corrected chi connectivity index (χ4v) is 2.63. The SMILES string of the molecule is Nc1ccc2c(c1)N(c1ccccc1)c1ccccc1O2. The molecule has 0 unspecified atom stereocenters. The molecule has 1 heterocycles. The van der Waals surface area contributed by atoms with Crippen LogP contribution >= 0.6 is 0 Å². The Morgan fingerprint density at radius 1 is 0.714 bits per heavy atom. The van der Waals surface area contributed by atoms with E-state index in [0.717, 1.165) is 34.2 Å². The zero-order chi connectivity index (χ0) is 14.2. The first-order valence-electron chi connectivity index (χ1n) is 6.84. The normalized spacial score (nSPS) is 12.3. The quantitative estimate of drug-likeness (QED) is 0.504. The van der Waals surface area contributed by atoms with Crippen molar-refractivity contribution in [2.24, 2.45) is 0 Å². The van der Waals surface area contributed by atoms with Gasteiger partial charge in [0.2, 0.25) is 0 Å². The molecule has 0 aromatic heterocycles. The molecular formula is C18H14N2O. The summed E-state index contributed by atoms with van der Waals surface area (Å²) in [7, 11) is 0. The molecular weight excluding hydrogens is 260 g/mol. The van der Waals surface area contributed by atoms with Gasteiger partial charge in [-0.25, -0.2) is 0 Å². The van der Waals surface area contributed by atoms with Gasteiger partial charge in [-0.3, -0.25) is 0 Å². The summed E-state index contributed by atoms with van der Waals surface area (Å²) in [5.41, 5.74) is 9.74. The van der Waals surface area contributed by atoms with Crippen molar-refractivity contribution in [1.29, 1.82) is 0 Å². The Morgan fingerprint density at radius 3 is 2.29 bits per heavy atom. The molecule has 3 nitrogen and oxygen atoms in total. The first-order valence-corrected chi connectivity index (χ1v) is 6.84. The molecule has 0 saturated heterocycles. The summed E-state index contributed by atoms with van der Waals surface area (Å²) >= 11 is 0. The number of benzene rings is 3. The van der Waals surface area contributed by atoms with Gasteiger partial charge < -0.3 is 15.4 Å². The predicted molar refractivity (Wildman–Crippen MR) is 85.6 cm³/mol. The van der Waals surface area contributed by atoms with Crippen molar-refractivity contribution in [3.8, 4) is 11.5 Å². The Labute approximate surface area is 123 Å². The van der Waals surface area contributed by atoms with Crippen LogP contribution in [-0.4, -0.2) is 0 Å². The average molecular weight is 274 g/mol. The Balaban J connectivity index is 1.98. The van der Waals surface area contributed by atoms with Gasteiger partial charge in [0.1, 0.15) is 0 Å². The van der Waals surface area contributed by atoms with Crippen LogP contribution in [0.5, 0.6) is 11.5 Å². The third-order valence-corrected chi connectivity index (χ3v) is 3.56. The van der Waals surface area contributed by atoms with Crippen LogP contribution in [0.4, 0.5) is 22.7 Å². The zero-order valence-corrected chi connectivity index (χ0v) is 11.4. The minimum Gasteiger partial charge on any atom is -0.453 e. The number of rotatable bonds is 1. The summed E-state index contributed by atoms with van der Waals surface area (Å²) in [6.07, 6.45) is 0. The summed E-state index contributed by atoms with van der Waals surface area (Å²) in [5.74, 6) is 1.66. The van der Waals surface area contributed by atoms with Gasteiger partial charge in [-0.15, -0.1) is 0 Å². The number of ether oxygens (including phenoxy) is 1. The molecule has 3 heteroatoms. The number of hydrogen-bond donors (Lipinski definition) is 1. The highest BCUT2D eigenvalue weighted by atomic mass is 16.5. The molecule has 0 fully saturated rings. The molecule has 2 N–H and O–H groups in total. The van der Waals surface area contributed by atoms with Crippen molar-refractivity contribution >= 4 is 22.7 Å². The van der Waals surface area contributed by atoms with E-state index in [0.29, 0.717) is 0 Å². The average Bonchev–Trinajstić information content (AvgIpc) is 2.53. The van der Waals surface area contributed by atoms with Crippen molar-refractivity contribution < 1.29 is 4.74 Å². The number of nitrogen functional groups attached to an aromatic ring is 1. The molecule has 0 saturated carbocycles. The zero-order valence-electron chi connectivity index (χ0n) is 11.4. The molecule has 0 radical (unpaired) electrons. The van der Waals surface area contributed by atoms with E-state index in [4.69, 9.17) is 10.5 Å². The number of nitrogens with zero attached hydrogens (tertiary/aromatic N) is 1. The van der Waals surface area contributed by atoms with E-state index in [-0.39, 0.29) is 0 Å². The van der Waals surface area contributed by atoms with E-state index in [1.54, 1.807) is 0 Å². The topological polar surface area (TPSA) is 38.5 Å². The van der Waals surface area contributed by atoms with E-state index in [9.17, 15) is 0 Å². The molecule has 102 valence electrons. The number of hydrogen-bond acceptors (Lipinski definition) is 3. The van der Waals surface area contributed by atoms with Crippen LogP contribution in [0, 0.1) is 0 Å². The lowest BCUT2D eigenvalue weighted by atomic mass is 10.1. The first-order chi connectivity index (χ1) is 10.3. The van der Waals surface area contributed by atoms with Gasteiger partial charge in [0, 0.05) is 11.4 Å². The first kappa shape index (κ1) is 11.9. The minimum absolute atomic E-state index is 0.720. The van der Waals surface area contributed by atoms with Crippen LogP contribution in [0.1, 0.15) is 0 Å². The van der Waals surface area contributed by atoms with Crippen molar-refractivity contribution in [2.75, 3.05) is 10.6 Å². The lowest BCUT2D eigenvalue weighted by Crippen LogP contribution is -2.15. The number of para-hydroxylation sites is 3. The molecule has 0 atom stereocenters. The van der Waals surface area contributed by atoms with E-state index < -0.39 is 0 Å².